The van der Waals surface area contributed by atoms with Crippen LogP contribution in [-0.2, 0) is 0 Å². The number of hydrogen-bond acceptors (Lipinski definition) is 2. The summed E-state index contributed by atoms with van der Waals surface area (Å²) in [5.74, 6) is 0. The Balaban J connectivity index is 2.34. The summed E-state index contributed by atoms with van der Waals surface area (Å²) in [5.41, 5.74) is 5.42. The van der Waals surface area contributed by atoms with Crippen molar-refractivity contribution >= 4 is 0 Å². The second kappa shape index (κ2) is 2.21. The summed E-state index contributed by atoms with van der Waals surface area (Å²) in [7, 11) is 0. The van der Waals surface area contributed by atoms with Crippen LogP contribution in [0.1, 0.15) is 39.5 Å². The van der Waals surface area contributed by atoms with Crippen LogP contribution in [0.15, 0.2) is 0 Å². The maximum atomic E-state index is 9.40. The molecular weight excluding hydrogens is 126 g/mol. The molecule has 10 heavy (non-hydrogen) atoms. The molecule has 0 aromatic carbocycles. The van der Waals surface area contributed by atoms with Gasteiger partial charge in [0.25, 0.3) is 0 Å². The minimum atomic E-state index is -0.468. The standard InChI is InChI=1S/C8H17NO/c1-3-4-8(9)5-7(2,10)6-8/h10H,3-6,9H2,1-2H3. The van der Waals surface area contributed by atoms with E-state index >= 15 is 0 Å². The van der Waals surface area contributed by atoms with Crippen molar-refractivity contribution in [2.24, 2.45) is 5.73 Å². The number of rotatable bonds is 2. The van der Waals surface area contributed by atoms with Crippen LogP contribution in [0.3, 0.4) is 0 Å². The molecule has 0 aliphatic heterocycles. The van der Waals surface area contributed by atoms with E-state index in [-0.39, 0.29) is 5.54 Å². The molecule has 1 aliphatic rings. The van der Waals surface area contributed by atoms with Crippen LogP contribution in [0.4, 0.5) is 0 Å². The third-order valence-corrected chi connectivity index (χ3v) is 2.21. The van der Waals surface area contributed by atoms with Crippen molar-refractivity contribution < 1.29 is 5.11 Å². The van der Waals surface area contributed by atoms with Gasteiger partial charge in [0.2, 0.25) is 0 Å². The molecule has 0 unspecified atom stereocenters. The Labute approximate surface area is 62.4 Å². The summed E-state index contributed by atoms with van der Waals surface area (Å²) >= 11 is 0. The molecule has 0 radical (unpaired) electrons. The lowest BCUT2D eigenvalue weighted by atomic mass is 9.64. The highest BCUT2D eigenvalue weighted by Gasteiger charge is 2.47. The topological polar surface area (TPSA) is 46.2 Å². The van der Waals surface area contributed by atoms with Gasteiger partial charge in [-0.25, -0.2) is 0 Å². The zero-order chi connectivity index (χ0) is 7.83. The molecule has 1 aliphatic carbocycles. The maximum Gasteiger partial charge on any atom is 0.0654 e. The molecule has 1 rings (SSSR count). The zero-order valence-corrected chi connectivity index (χ0v) is 6.85. The van der Waals surface area contributed by atoms with Crippen molar-refractivity contribution in [3.63, 3.8) is 0 Å². The Morgan fingerprint density at radius 1 is 1.50 bits per heavy atom. The molecule has 0 atom stereocenters. The van der Waals surface area contributed by atoms with E-state index in [1.165, 1.54) is 0 Å². The molecule has 1 saturated carbocycles. The van der Waals surface area contributed by atoms with Gasteiger partial charge < -0.3 is 10.8 Å². The van der Waals surface area contributed by atoms with E-state index in [1.807, 2.05) is 6.92 Å². The van der Waals surface area contributed by atoms with Gasteiger partial charge in [0.15, 0.2) is 0 Å². The number of hydrogen-bond donors (Lipinski definition) is 2. The first-order valence-electron chi connectivity index (χ1n) is 3.99. The van der Waals surface area contributed by atoms with Gasteiger partial charge in [0.05, 0.1) is 5.60 Å². The van der Waals surface area contributed by atoms with Crippen LogP contribution in [0.25, 0.3) is 0 Å². The van der Waals surface area contributed by atoms with Crippen LogP contribution < -0.4 is 5.73 Å². The predicted molar refractivity (Wildman–Crippen MR) is 41.7 cm³/mol. The van der Waals surface area contributed by atoms with Gasteiger partial charge in [-0.1, -0.05) is 13.3 Å². The van der Waals surface area contributed by atoms with Crippen molar-refractivity contribution in [1.82, 2.24) is 0 Å². The lowest BCUT2D eigenvalue weighted by Gasteiger charge is -2.49. The van der Waals surface area contributed by atoms with Gasteiger partial charge in [-0.2, -0.15) is 0 Å². The Morgan fingerprint density at radius 2 is 2.00 bits per heavy atom. The quantitative estimate of drug-likeness (QED) is 0.606. The van der Waals surface area contributed by atoms with Crippen LogP contribution in [0.2, 0.25) is 0 Å². The molecule has 0 aromatic rings. The van der Waals surface area contributed by atoms with E-state index in [1.54, 1.807) is 0 Å². The SMILES string of the molecule is CCCC1(N)CC(C)(O)C1. The lowest BCUT2D eigenvalue weighted by Crippen LogP contribution is -2.60. The second-order valence-electron chi connectivity index (χ2n) is 3.96. The van der Waals surface area contributed by atoms with E-state index < -0.39 is 5.60 Å². The highest BCUT2D eigenvalue weighted by atomic mass is 16.3. The smallest absolute Gasteiger partial charge is 0.0654 e. The fourth-order valence-corrected chi connectivity index (χ4v) is 2.14. The molecule has 0 amide bonds. The van der Waals surface area contributed by atoms with Crippen LogP contribution in [-0.4, -0.2) is 16.2 Å². The first-order valence-corrected chi connectivity index (χ1v) is 3.99. The third-order valence-electron chi connectivity index (χ3n) is 2.21. The molecule has 0 aromatic heterocycles. The van der Waals surface area contributed by atoms with Crippen LogP contribution in [0.5, 0.6) is 0 Å². The van der Waals surface area contributed by atoms with E-state index in [9.17, 15) is 5.11 Å². The highest BCUT2D eigenvalue weighted by molar-refractivity contribution is 5.05. The van der Waals surface area contributed by atoms with Gasteiger partial charge in [0, 0.05) is 5.54 Å². The average molecular weight is 143 g/mol. The Bertz CT molecular complexity index is 123. The van der Waals surface area contributed by atoms with E-state index in [0.29, 0.717) is 0 Å². The number of nitrogens with two attached hydrogens (primary N) is 1. The highest BCUT2D eigenvalue weighted by Crippen LogP contribution is 2.41. The average Bonchev–Trinajstić information content (AvgIpc) is 1.58. The summed E-state index contributed by atoms with van der Waals surface area (Å²) < 4.78 is 0. The second-order valence-corrected chi connectivity index (χ2v) is 3.96. The third kappa shape index (κ3) is 1.50. The minimum Gasteiger partial charge on any atom is -0.390 e. The molecular formula is C8H17NO. The van der Waals surface area contributed by atoms with Crippen molar-refractivity contribution in [2.75, 3.05) is 0 Å². The Kier molecular flexibility index (Phi) is 1.77. The van der Waals surface area contributed by atoms with Crippen molar-refractivity contribution in [1.29, 1.82) is 0 Å². The maximum absolute atomic E-state index is 9.40. The molecule has 0 heterocycles. The molecule has 2 nitrogen and oxygen atoms in total. The van der Waals surface area contributed by atoms with Gasteiger partial charge in [-0.3, -0.25) is 0 Å². The molecule has 3 N–H and O–H groups in total. The first-order chi connectivity index (χ1) is 4.47. The predicted octanol–water partition coefficient (Wildman–Crippen LogP) is 1.03. The molecule has 0 spiro atoms. The van der Waals surface area contributed by atoms with Gasteiger partial charge in [-0.05, 0) is 26.2 Å². The van der Waals surface area contributed by atoms with Gasteiger partial charge >= 0.3 is 0 Å². The molecule has 0 saturated heterocycles. The zero-order valence-electron chi connectivity index (χ0n) is 6.85. The van der Waals surface area contributed by atoms with E-state index in [2.05, 4.69) is 6.92 Å². The minimum absolute atomic E-state index is 0.0434. The Hall–Kier alpha value is -0.0800. The van der Waals surface area contributed by atoms with Gasteiger partial charge in [-0.15, -0.1) is 0 Å². The summed E-state index contributed by atoms with van der Waals surface area (Å²) in [6.07, 6.45) is 3.71. The largest absolute Gasteiger partial charge is 0.390 e. The van der Waals surface area contributed by atoms with E-state index in [0.717, 1.165) is 25.7 Å². The first kappa shape index (κ1) is 8.02. The number of aliphatic hydroxyl groups is 1. The lowest BCUT2D eigenvalue weighted by molar-refractivity contribution is -0.0738. The van der Waals surface area contributed by atoms with Crippen molar-refractivity contribution in [3.8, 4) is 0 Å². The van der Waals surface area contributed by atoms with E-state index in [4.69, 9.17) is 5.73 Å². The molecule has 1 fully saturated rings. The van der Waals surface area contributed by atoms with Crippen molar-refractivity contribution in [2.45, 2.75) is 50.7 Å². The Morgan fingerprint density at radius 3 is 2.30 bits per heavy atom. The monoisotopic (exact) mass is 143 g/mol. The molecule has 0 bridgehead atoms. The van der Waals surface area contributed by atoms with Gasteiger partial charge in [0.1, 0.15) is 0 Å². The summed E-state index contributed by atoms with van der Waals surface area (Å²) in [4.78, 5) is 0. The van der Waals surface area contributed by atoms with Crippen LogP contribution >= 0.6 is 0 Å². The fraction of sp³-hybridized carbons (Fsp3) is 1.00. The normalized spacial score (nSPS) is 46.8. The van der Waals surface area contributed by atoms with Crippen LogP contribution in [0, 0.1) is 0 Å². The van der Waals surface area contributed by atoms with Crippen molar-refractivity contribution in [3.05, 3.63) is 0 Å². The fourth-order valence-electron chi connectivity index (χ4n) is 2.14. The molecule has 60 valence electrons. The summed E-state index contributed by atoms with van der Waals surface area (Å²) in [5, 5.41) is 9.40. The summed E-state index contributed by atoms with van der Waals surface area (Å²) in [6, 6.07) is 0. The molecule has 2 heteroatoms. The summed E-state index contributed by atoms with van der Waals surface area (Å²) in [6.45, 7) is 3.98.